The fourth-order valence-electron chi connectivity index (χ4n) is 1.33. The van der Waals surface area contributed by atoms with Crippen molar-refractivity contribution in [2.45, 2.75) is 39.8 Å². The van der Waals surface area contributed by atoms with Crippen molar-refractivity contribution in [3.63, 3.8) is 0 Å². The Balaban J connectivity index is 2.66. The van der Waals surface area contributed by atoms with Gasteiger partial charge in [-0.1, -0.05) is 51.1 Å². The van der Waals surface area contributed by atoms with Gasteiger partial charge in [0.1, 0.15) is 6.04 Å². The lowest BCUT2D eigenvalue weighted by atomic mass is 9.88. The Morgan fingerprint density at radius 1 is 1.24 bits per heavy atom. The summed E-state index contributed by atoms with van der Waals surface area (Å²) < 4.78 is 0. The Morgan fingerprint density at radius 3 is 2.24 bits per heavy atom. The van der Waals surface area contributed by atoms with Crippen LogP contribution in [0.25, 0.3) is 0 Å². The van der Waals surface area contributed by atoms with Crippen LogP contribution in [0.2, 0.25) is 0 Å². The van der Waals surface area contributed by atoms with Gasteiger partial charge in [0.05, 0.1) is 0 Å². The van der Waals surface area contributed by atoms with E-state index in [9.17, 15) is 4.79 Å². The zero-order valence-electron chi connectivity index (χ0n) is 11.0. The number of hydrogen-bond donors (Lipinski definition) is 2. The second-order valence-electron chi connectivity index (χ2n) is 5.48. The summed E-state index contributed by atoms with van der Waals surface area (Å²) in [5.41, 5.74) is 6.79. The summed E-state index contributed by atoms with van der Waals surface area (Å²) in [6.07, 6.45) is 0. The molecule has 0 bridgehead atoms. The molecule has 0 fully saturated rings. The number of amides is 1. The molecule has 1 amide bonds. The fourth-order valence-corrected chi connectivity index (χ4v) is 1.33. The van der Waals surface area contributed by atoms with Crippen LogP contribution >= 0.6 is 0 Å². The average molecular weight is 234 g/mol. The van der Waals surface area contributed by atoms with Gasteiger partial charge in [-0.2, -0.15) is 0 Å². The van der Waals surface area contributed by atoms with E-state index in [0.717, 1.165) is 5.56 Å². The van der Waals surface area contributed by atoms with Gasteiger partial charge in [-0.05, 0) is 17.9 Å². The SMILES string of the molecule is CC(NC(=O)[C@@H](N)c1ccccc1)C(C)(C)C. The Kier molecular flexibility index (Phi) is 4.29. The summed E-state index contributed by atoms with van der Waals surface area (Å²) in [7, 11) is 0. The van der Waals surface area contributed by atoms with Crippen molar-refractivity contribution in [1.29, 1.82) is 0 Å². The molecule has 1 unspecified atom stereocenters. The van der Waals surface area contributed by atoms with Crippen LogP contribution in [0.1, 0.15) is 39.3 Å². The Morgan fingerprint density at radius 2 is 1.76 bits per heavy atom. The van der Waals surface area contributed by atoms with Crippen LogP contribution in [-0.2, 0) is 4.79 Å². The number of hydrogen-bond acceptors (Lipinski definition) is 2. The first-order valence-electron chi connectivity index (χ1n) is 5.93. The van der Waals surface area contributed by atoms with Crippen molar-refractivity contribution in [3.05, 3.63) is 35.9 Å². The van der Waals surface area contributed by atoms with Gasteiger partial charge in [0.2, 0.25) is 5.91 Å². The highest BCUT2D eigenvalue weighted by molar-refractivity contribution is 5.83. The molecule has 0 saturated heterocycles. The molecule has 3 heteroatoms. The summed E-state index contributed by atoms with van der Waals surface area (Å²) in [5, 5.41) is 2.95. The van der Waals surface area contributed by atoms with Crippen molar-refractivity contribution >= 4 is 5.91 Å². The Labute approximate surface area is 103 Å². The van der Waals surface area contributed by atoms with Crippen molar-refractivity contribution < 1.29 is 4.79 Å². The lowest BCUT2D eigenvalue weighted by Gasteiger charge is -2.29. The van der Waals surface area contributed by atoms with Crippen LogP contribution in [0.3, 0.4) is 0 Å². The lowest BCUT2D eigenvalue weighted by molar-refractivity contribution is -0.123. The predicted molar refractivity (Wildman–Crippen MR) is 70.4 cm³/mol. The van der Waals surface area contributed by atoms with Gasteiger partial charge in [-0.3, -0.25) is 4.79 Å². The van der Waals surface area contributed by atoms with Crippen LogP contribution in [-0.4, -0.2) is 11.9 Å². The van der Waals surface area contributed by atoms with Crippen molar-refractivity contribution in [1.82, 2.24) is 5.32 Å². The first-order chi connectivity index (χ1) is 7.82. The molecular weight excluding hydrogens is 212 g/mol. The van der Waals surface area contributed by atoms with E-state index in [-0.39, 0.29) is 17.4 Å². The minimum Gasteiger partial charge on any atom is -0.351 e. The van der Waals surface area contributed by atoms with Gasteiger partial charge >= 0.3 is 0 Å². The molecule has 1 aromatic rings. The molecule has 17 heavy (non-hydrogen) atoms. The van der Waals surface area contributed by atoms with E-state index in [1.54, 1.807) is 0 Å². The molecule has 2 atom stereocenters. The van der Waals surface area contributed by atoms with E-state index in [4.69, 9.17) is 5.73 Å². The highest BCUT2D eigenvalue weighted by atomic mass is 16.2. The molecule has 0 radical (unpaired) electrons. The highest BCUT2D eigenvalue weighted by Crippen LogP contribution is 2.19. The number of nitrogens with two attached hydrogens (primary N) is 1. The smallest absolute Gasteiger partial charge is 0.241 e. The first kappa shape index (κ1) is 13.7. The lowest BCUT2D eigenvalue weighted by Crippen LogP contribution is -2.45. The molecule has 0 heterocycles. The third kappa shape index (κ3) is 3.86. The minimum atomic E-state index is -0.596. The maximum atomic E-state index is 12.0. The maximum absolute atomic E-state index is 12.0. The van der Waals surface area contributed by atoms with Crippen LogP contribution in [0.5, 0.6) is 0 Å². The molecule has 1 rings (SSSR count). The van der Waals surface area contributed by atoms with E-state index in [0.29, 0.717) is 0 Å². The normalized spacial score (nSPS) is 15.1. The summed E-state index contributed by atoms with van der Waals surface area (Å²) >= 11 is 0. The van der Waals surface area contributed by atoms with Crippen LogP contribution in [0.4, 0.5) is 0 Å². The van der Waals surface area contributed by atoms with Crippen molar-refractivity contribution in [2.75, 3.05) is 0 Å². The number of carbonyl (C=O) groups excluding carboxylic acids is 1. The third-order valence-corrected chi connectivity index (χ3v) is 3.10. The first-order valence-corrected chi connectivity index (χ1v) is 5.93. The van der Waals surface area contributed by atoms with Crippen LogP contribution < -0.4 is 11.1 Å². The number of benzene rings is 1. The fraction of sp³-hybridized carbons (Fsp3) is 0.500. The molecule has 0 saturated carbocycles. The number of rotatable bonds is 3. The third-order valence-electron chi connectivity index (χ3n) is 3.10. The summed E-state index contributed by atoms with van der Waals surface area (Å²) in [4.78, 5) is 12.0. The van der Waals surface area contributed by atoms with Gasteiger partial charge in [-0.25, -0.2) is 0 Å². The second kappa shape index (κ2) is 5.32. The van der Waals surface area contributed by atoms with Gasteiger partial charge in [0, 0.05) is 6.04 Å². The molecule has 0 spiro atoms. The Hall–Kier alpha value is -1.35. The van der Waals surface area contributed by atoms with Gasteiger partial charge in [0.25, 0.3) is 0 Å². The zero-order chi connectivity index (χ0) is 13.1. The predicted octanol–water partition coefficient (Wildman–Crippen LogP) is 2.24. The molecule has 0 aromatic heterocycles. The van der Waals surface area contributed by atoms with E-state index in [2.05, 4.69) is 26.1 Å². The van der Waals surface area contributed by atoms with E-state index < -0.39 is 6.04 Å². The Bertz CT molecular complexity index is 368. The summed E-state index contributed by atoms with van der Waals surface area (Å²) in [5.74, 6) is -0.126. The van der Waals surface area contributed by atoms with Crippen molar-refractivity contribution in [3.8, 4) is 0 Å². The summed E-state index contributed by atoms with van der Waals surface area (Å²) in [6.45, 7) is 8.26. The minimum absolute atomic E-state index is 0.0338. The molecular formula is C14H22N2O. The van der Waals surface area contributed by atoms with Crippen molar-refractivity contribution in [2.24, 2.45) is 11.1 Å². The molecule has 3 nitrogen and oxygen atoms in total. The maximum Gasteiger partial charge on any atom is 0.241 e. The zero-order valence-corrected chi connectivity index (χ0v) is 11.0. The molecule has 0 aliphatic carbocycles. The van der Waals surface area contributed by atoms with E-state index >= 15 is 0 Å². The average Bonchev–Trinajstić information content (AvgIpc) is 2.27. The summed E-state index contributed by atoms with van der Waals surface area (Å²) in [6, 6.07) is 8.90. The molecule has 3 N–H and O–H groups in total. The molecule has 0 aliphatic rings. The topological polar surface area (TPSA) is 55.1 Å². The number of carbonyl (C=O) groups is 1. The van der Waals surface area contributed by atoms with E-state index in [1.807, 2.05) is 37.3 Å². The molecule has 0 aliphatic heterocycles. The van der Waals surface area contributed by atoms with Gasteiger partial charge in [0.15, 0.2) is 0 Å². The standard InChI is InChI=1S/C14H22N2O/c1-10(14(2,3)4)16-13(17)12(15)11-8-6-5-7-9-11/h5-10,12H,15H2,1-4H3,(H,16,17)/t10?,12-/m0/s1. The van der Waals surface area contributed by atoms with Crippen LogP contribution in [0, 0.1) is 5.41 Å². The monoisotopic (exact) mass is 234 g/mol. The highest BCUT2D eigenvalue weighted by Gasteiger charge is 2.24. The van der Waals surface area contributed by atoms with E-state index in [1.165, 1.54) is 0 Å². The van der Waals surface area contributed by atoms with Crippen LogP contribution in [0.15, 0.2) is 30.3 Å². The quantitative estimate of drug-likeness (QED) is 0.842. The second-order valence-corrected chi connectivity index (χ2v) is 5.48. The number of nitrogens with one attached hydrogen (secondary N) is 1. The molecule has 1 aromatic carbocycles. The van der Waals surface area contributed by atoms with Gasteiger partial charge < -0.3 is 11.1 Å². The van der Waals surface area contributed by atoms with Gasteiger partial charge in [-0.15, -0.1) is 0 Å². The molecule has 94 valence electrons. The largest absolute Gasteiger partial charge is 0.351 e.